The summed E-state index contributed by atoms with van der Waals surface area (Å²) in [6.45, 7) is 9.81. The van der Waals surface area contributed by atoms with E-state index in [4.69, 9.17) is 5.26 Å². The summed E-state index contributed by atoms with van der Waals surface area (Å²) in [5.41, 5.74) is 1.43. The van der Waals surface area contributed by atoms with Crippen LogP contribution in [0.2, 0.25) is 0 Å². The number of carbonyl (C=O) groups excluding carboxylic acids is 1. The van der Waals surface area contributed by atoms with Gasteiger partial charge in [-0.3, -0.25) is 4.79 Å². The van der Waals surface area contributed by atoms with Gasteiger partial charge in [-0.25, -0.2) is 5.26 Å². The van der Waals surface area contributed by atoms with Gasteiger partial charge < -0.3 is 0 Å². The van der Waals surface area contributed by atoms with Gasteiger partial charge in [-0.15, -0.1) is 0 Å². The van der Waals surface area contributed by atoms with Crippen LogP contribution in [0.15, 0.2) is 11.6 Å². The maximum absolute atomic E-state index is 11.0. The van der Waals surface area contributed by atoms with Gasteiger partial charge in [0.1, 0.15) is 0 Å². The number of ketones is 1. The predicted octanol–water partition coefficient (Wildman–Crippen LogP) is 2.46. The zero-order valence-electron chi connectivity index (χ0n) is 7.92. The van der Waals surface area contributed by atoms with E-state index in [1.54, 1.807) is 6.08 Å². The van der Waals surface area contributed by atoms with Crippen LogP contribution in [-0.4, -0.2) is 5.78 Å². The molecule has 12 heavy (non-hydrogen) atoms. The second-order valence-electron chi connectivity index (χ2n) is 3.97. The molecular formula is C10H15NO. The summed E-state index contributed by atoms with van der Waals surface area (Å²) in [4.78, 5) is 11.0. The molecule has 2 nitrogen and oxygen atoms in total. The quantitative estimate of drug-likeness (QED) is 0.553. The van der Waals surface area contributed by atoms with Crippen molar-refractivity contribution in [3.05, 3.63) is 11.6 Å². The van der Waals surface area contributed by atoms with Crippen LogP contribution in [0.3, 0.4) is 0 Å². The van der Waals surface area contributed by atoms with E-state index in [0.29, 0.717) is 6.42 Å². The van der Waals surface area contributed by atoms with E-state index < -0.39 is 0 Å². The van der Waals surface area contributed by atoms with Crippen molar-refractivity contribution in [1.29, 1.82) is 5.26 Å². The Balaban J connectivity index is 0.000000561. The molecule has 0 aliphatic heterocycles. The van der Waals surface area contributed by atoms with Crippen molar-refractivity contribution in [2.45, 2.75) is 33.6 Å². The molecular weight excluding hydrogens is 150 g/mol. The Labute approximate surface area is 73.9 Å². The second-order valence-corrected chi connectivity index (χ2v) is 3.97. The molecule has 0 fully saturated rings. The average molecular weight is 165 g/mol. The largest absolute Gasteiger partial charge is 0.295 e. The maximum Gasteiger partial charge on any atom is 0.156 e. The fraction of sp³-hybridized carbons (Fsp3) is 0.600. The number of allylic oxidation sites excluding steroid dienone is 2. The minimum Gasteiger partial charge on any atom is -0.295 e. The fourth-order valence-corrected chi connectivity index (χ4v) is 1.67. The third-order valence-electron chi connectivity index (χ3n) is 1.82. The highest BCUT2D eigenvalue weighted by Gasteiger charge is 2.25. The third-order valence-corrected chi connectivity index (χ3v) is 1.82. The van der Waals surface area contributed by atoms with Gasteiger partial charge in [0.2, 0.25) is 0 Å². The zero-order valence-corrected chi connectivity index (χ0v) is 7.92. The second kappa shape index (κ2) is 4.06. The minimum absolute atomic E-state index is 0.204. The number of hydrogen-bond acceptors (Lipinski definition) is 2. The SMILES string of the molecule is C#N.CC1=CC(=O)CC(C)(C)C1. The van der Waals surface area contributed by atoms with Gasteiger partial charge >= 0.3 is 0 Å². The van der Waals surface area contributed by atoms with Crippen molar-refractivity contribution in [2.75, 3.05) is 0 Å². The molecule has 1 aliphatic rings. The lowest BCUT2D eigenvalue weighted by atomic mass is 9.77. The third kappa shape index (κ3) is 3.34. The summed E-state index contributed by atoms with van der Waals surface area (Å²) in [6, 6.07) is 0. The molecule has 1 rings (SSSR count). The van der Waals surface area contributed by atoms with Gasteiger partial charge in [0, 0.05) is 13.0 Å². The fourth-order valence-electron chi connectivity index (χ4n) is 1.67. The molecule has 0 atom stereocenters. The average Bonchev–Trinajstić information content (AvgIpc) is 1.85. The van der Waals surface area contributed by atoms with E-state index in [1.807, 2.05) is 6.92 Å². The Morgan fingerprint density at radius 1 is 1.42 bits per heavy atom. The van der Waals surface area contributed by atoms with Crippen molar-refractivity contribution in [3.8, 4) is 6.57 Å². The topological polar surface area (TPSA) is 40.9 Å². The Bertz CT molecular complexity index is 223. The van der Waals surface area contributed by atoms with Crippen molar-refractivity contribution in [3.63, 3.8) is 0 Å². The van der Waals surface area contributed by atoms with Crippen LogP contribution in [0.25, 0.3) is 0 Å². The molecule has 0 bridgehead atoms. The molecule has 0 aromatic rings. The van der Waals surface area contributed by atoms with E-state index in [0.717, 1.165) is 6.42 Å². The Morgan fingerprint density at radius 3 is 2.25 bits per heavy atom. The molecule has 0 radical (unpaired) electrons. The molecule has 0 aromatic carbocycles. The number of nitrogens with zero attached hydrogens (tertiary/aromatic N) is 1. The monoisotopic (exact) mass is 165 g/mol. The van der Waals surface area contributed by atoms with E-state index in [1.165, 1.54) is 5.57 Å². The van der Waals surface area contributed by atoms with Gasteiger partial charge in [0.25, 0.3) is 0 Å². The Hall–Kier alpha value is -1.10. The van der Waals surface area contributed by atoms with Crippen LogP contribution in [0.4, 0.5) is 0 Å². The maximum atomic E-state index is 11.0. The number of carbonyl (C=O) groups is 1. The van der Waals surface area contributed by atoms with Gasteiger partial charge in [-0.2, -0.15) is 0 Å². The first-order valence-corrected chi connectivity index (χ1v) is 3.95. The lowest BCUT2D eigenvalue weighted by Gasteiger charge is -2.27. The normalized spacial score (nSPS) is 20.4. The molecule has 0 unspecified atom stereocenters. The van der Waals surface area contributed by atoms with Gasteiger partial charge in [-0.1, -0.05) is 19.4 Å². The minimum atomic E-state index is 0.204. The van der Waals surface area contributed by atoms with Crippen molar-refractivity contribution in [2.24, 2.45) is 5.41 Å². The van der Waals surface area contributed by atoms with Crippen molar-refractivity contribution >= 4 is 5.78 Å². The molecule has 0 N–H and O–H groups in total. The lowest BCUT2D eigenvalue weighted by Crippen LogP contribution is -2.20. The Kier molecular flexibility index (Phi) is 3.69. The van der Waals surface area contributed by atoms with Crippen LogP contribution in [0, 0.1) is 17.2 Å². The summed E-state index contributed by atoms with van der Waals surface area (Å²) >= 11 is 0. The highest BCUT2D eigenvalue weighted by molar-refractivity contribution is 5.91. The summed E-state index contributed by atoms with van der Waals surface area (Å²) in [7, 11) is 0. The molecule has 66 valence electrons. The highest BCUT2D eigenvalue weighted by atomic mass is 16.1. The van der Waals surface area contributed by atoms with Crippen molar-refractivity contribution < 1.29 is 4.79 Å². The summed E-state index contributed by atoms with van der Waals surface area (Å²) < 4.78 is 0. The number of nitriles is 1. The first-order chi connectivity index (χ1) is 5.49. The molecule has 0 heterocycles. The Morgan fingerprint density at radius 2 is 1.92 bits per heavy atom. The van der Waals surface area contributed by atoms with Crippen LogP contribution in [-0.2, 0) is 4.79 Å². The van der Waals surface area contributed by atoms with E-state index >= 15 is 0 Å². The summed E-state index contributed by atoms with van der Waals surface area (Å²) in [5, 5.41) is 6.50. The highest BCUT2D eigenvalue weighted by Crippen LogP contribution is 2.32. The van der Waals surface area contributed by atoms with Gasteiger partial charge in [0.15, 0.2) is 5.78 Å². The molecule has 0 amide bonds. The molecule has 1 aliphatic carbocycles. The van der Waals surface area contributed by atoms with Crippen LogP contribution >= 0.6 is 0 Å². The van der Waals surface area contributed by atoms with Gasteiger partial charge in [-0.05, 0) is 24.8 Å². The summed E-state index contributed by atoms with van der Waals surface area (Å²) in [6.07, 6.45) is 3.55. The van der Waals surface area contributed by atoms with E-state index in [-0.39, 0.29) is 11.2 Å². The predicted molar refractivity (Wildman–Crippen MR) is 48.4 cm³/mol. The standard InChI is InChI=1S/C9H14O.CHN/c1-7-4-8(10)6-9(2,3)5-7;1-2/h4H,5-6H2,1-3H3;1H. The van der Waals surface area contributed by atoms with Crippen LogP contribution in [0.1, 0.15) is 33.6 Å². The van der Waals surface area contributed by atoms with Crippen LogP contribution < -0.4 is 0 Å². The molecule has 0 saturated carbocycles. The number of rotatable bonds is 0. The molecule has 0 spiro atoms. The van der Waals surface area contributed by atoms with Crippen LogP contribution in [0.5, 0.6) is 0 Å². The molecule has 0 aromatic heterocycles. The number of hydrogen-bond donors (Lipinski definition) is 0. The van der Waals surface area contributed by atoms with Crippen molar-refractivity contribution in [1.82, 2.24) is 0 Å². The lowest BCUT2D eigenvalue weighted by molar-refractivity contribution is -0.117. The van der Waals surface area contributed by atoms with Gasteiger partial charge in [0.05, 0.1) is 0 Å². The van der Waals surface area contributed by atoms with E-state index in [9.17, 15) is 4.79 Å². The zero-order chi connectivity index (χ0) is 9.78. The first-order valence-electron chi connectivity index (χ1n) is 3.95. The van der Waals surface area contributed by atoms with E-state index in [2.05, 4.69) is 20.4 Å². The first kappa shape index (κ1) is 10.9. The smallest absolute Gasteiger partial charge is 0.156 e. The molecule has 0 saturated heterocycles. The summed E-state index contributed by atoms with van der Waals surface area (Å²) in [5.74, 6) is 0.286. The molecule has 2 heteroatoms.